The highest BCUT2D eigenvalue weighted by Gasteiger charge is 2.23. The summed E-state index contributed by atoms with van der Waals surface area (Å²) in [4.78, 5) is 17.9. The molecule has 0 aliphatic heterocycles. The first-order chi connectivity index (χ1) is 12.0. The molecule has 0 aliphatic carbocycles. The van der Waals surface area contributed by atoms with Gasteiger partial charge in [-0.2, -0.15) is 0 Å². The van der Waals surface area contributed by atoms with Crippen molar-refractivity contribution in [3.8, 4) is 5.69 Å². The number of thiophene rings is 1. The van der Waals surface area contributed by atoms with E-state index in [1.807, 2.05) is 17.5 Å². The Morgan fingerprint density at radius 3 is 2.56 bits per heavy atom. The van der Waals surface area contributed by atoms with Crippen molar-refractivity contribution in [2.45, 2.75) is 26.8 Å². The summed E-state index contributed by atoms with van der Waals surface area (Å²) in [6.07, 6.45) is 0. The largest absolute Gasteiger partial charge is 0.341 e. The first-order valence-electron chi connectivity index (χ1n) is 7.99. The number of carbonyl (C=O) groups excluding carboxylic acids is 1. The second kappa shape index (κ2) is 7.14. The fourth-order valence-corrected chi connectivity index (χ4v) is 3.50. The Bertz CT molecular complexity index is 856. The number of hydrogen-bond acceptors (Lipinski definition) is 4. The molecule has 25 heavy (non-hydrogen) atoms. The van der Waals surface area contributed by atoms with Crippen molar-refractivity contribution < 1.29 is 9.18 Å². The molecule has 5 nitrogen and oxygen atoms in total. The van der Waals surface area contributed by atoms with Gasteiger partial charge in [0.25, 0.3) is 5.91 Å². The van der Waals surface area contributed by atoms with Crippen molar-refractivity contribution in [1.29, 1.82) is 0 Å². The van der Waals surface area contributed by atoms with E-state index in [-0.39, 0.29) is 29.5 Å². The molecule has 0 bridgehead atoms. The third-order valence-corrected chi connectivity index (χ3v) is 4.80. The number of halogens is 1. The predicted molar refractivity (Wildman–Crippen MR) is 95.4 cm³/mol. The Morgan fingerprint density at radius 1 is 1.24 bits per heavy atom. The molecule has 1 aromatic carbocycles. The maximum Gasteiger partial charge on any atom is 0.291 e. The minimum Gasteiger partial charge on any atom is -0.341 e. The van der Waals surface area contributed by atoms with Gasteiger partial charge in [-0.3, -0.25) is 4.79 Å². The molecule has 3 aromatic rings. The van der Waals surface area contributed by atoms with Gasteiger partial charge in [0, 0.05) is 4.88 Å². The maximum atomic E-state index is 13.1. The van der Waals surface area contributed by atoms with Crippen LogP contribution in [0, 0.1) is 18.7 Å². The normalized spacial score (nSPS) is 12.4. The Labute approximate surface area is 149 Å². The van der Waals surface area contributed by atoms with E-state index in [0.29, 0.717) is 11.5 Å². The molecule has 3 rings (SSSR count). The molecule has 2 heterocycles. The number of aromatic nitrogens is 3. The molecule has 0 saturated heterocycles. The van der Waals surface area contributed by atoms with E-state index in [0.717, 1.165) is 4.88 Å². The standard InChI is InChI=1S/C18H19FN4OS/c1-11(2)16(15-5-4-10-25-15)21-18(24)17-20-12(3)23(22-17)14-8-6-13(19)7-9-14/h4-11,16H,1-3H3,(H,21,24)/t16-/m1/s1. The maximum absolute atomic E-state index is 13.1. The fraction of sp³-hybridized carbons (Fsp3) is 0.278. The molecule has 1 atom stereocenters. The summed E-state index contributed by atoms with van der Waals surface area (Å²) in [5, 5.41) is 9.28. The topological polar surface area (TPSA) is 59.8 Å². The highest BCUT2D eigenvalue weighted by Crippen LogP contribution is 2.26. The summed E-state index contributed by atoms with van der Waals surface area (Å²) in [6, 6.07) is 9.77. The summed E-state index contributed by atoms with van der Waals surface area (Å²) in [5.74, 6) is 0.257. The van der Waals surface area contributed by atoms with Crippen molar-refractivity contribution in [2.24, 2.45) is 5.92 Å². The Balaban J connectivity index is 1.83. The third-order valence-electron chi connectivity index (χ3n) is 3.85. The Hall–Kier alpha value is -2.54. The number of rotatable bonds is 5. The molecule has 130 valence electrons. The highest BCUT2D eigenvalue weighted by molar-refractivity contribution is 7.10. The molecule has 7 heteroatoms. The van der Waals surface area contributed by atoms with Crippen LogP contribution in [-0.2, 0) is 0 Å². The summed E-state index contributed by atoms with van der Waals surface area (Å²) in [6.45, 7) is 5.87. The van der Waals surface area contributed by atoms with Crippen molar-refractivity contribution in [2.75, 3.05) is 0 Å². The number of nitrogens with one attached hydrogen (secondary N) is 1. The molecule has 0 fully saturated rings. The summed E-state index contributed by atoms with van der Waals surface area (Å²) in [5.41, 5.74) is 0.657. The molecule has 0 spiro atoms. The number of benzene rings is 1. The highest BCUT2D eigenvalue weighted by atomic mass is 32.1. The first-order valence-corrected chi connectivity index (χ1v) is 8.87. The fourth-order valence-electron chi connectivity index (χ4n) is 2.55. The Kier molecular flexibility index (Phi) is 4.94. The molecule has 0 saturated carbocycles. The molecule has 1 amide bonds. The number of nitrogens with zero attached hydrogens (tertiary/aromatic N) is 3. The third kappa shape index (κ3) is 3.76. The van der Waals surface area contributed by atoms with Crippen molar-refractivity contribution in [1.82, 2.24) is 20.1 Å². The van der Waals surface area contributed by atoms with Gasteiger partial charge < -0.3 is 5.32 Å². The van der Waals surface area contributed by atoms with Crippen LogP contribution in [0.15, 0.2) is 41.8 Å². The van der Waals surface area contributed by atoms with Gasteiger partial charge in [-0.1, -0.05) is 19.9 Å². The first kappa shape index (κ1) is 17.3. The van der Waals surface area contributed by atoms with Crippen molar-refractivity contribution in [3.63, 3.8) is 0 Å². The van der Waals surface area contributed by atoms with Crippen LogP contribution < -0.4 is 5.32 Å². The van der Waals surface area contributed by atoms with Gasteiger partial charge in [0.2, 0.25) is 5.82 Å². The molecule has 1 N–H and O–H groups in total. The van der Waals surface area contributed by atoms with Crippen molar-refractivity contribution >= 4 is 17.2 Å². The summed E-state index contributed by atoms with van der Waals surface area (Å²) < 4.78 is 14.6. The van der Waals surface area contributed by atoms with Gasteiger partial charge in [-0.05, 0) is 48.6 Å². The van der Waals surface area contributed by atoms with E-state index in [2.05, 4.69) is 29.2 Å². The second-order valence-electron chi connectivity index (χ2n) is 6.08. The van der Waals surface area contributed by atoms with Crippen LogP contribution in [0.5, 0.6) is 0 Å². The van der Waals surface area contributed by atoms with E-state index in [1.54, 1.807) is 30.4 Å². The van der Waals surface area contributed by atoms with Gasteiger partial charge in [0.1, 0.15) is 11.6 Å². The van der Waals surface area contributed by atoms with Crippen molar-refractivity contribution in [3.05, 3.63) is 64.1 Å². The number of amides is 1. The van der Waals surface area contributed by atoms with E-state index in [9.17, 15) is 9.18 Å². The number of hydrogen-bond donors (Lipinski definition) is 1. The zero-order chi connectivity index (χ0) is 18.0. The van der Waals surface area contributed by atoms with E-state index in [4.69, 9.17) is 0 Å². The van der Waals surface area contributed by atoms with Gasteiger partial charge >= 0.3 is 0 Å². The molecule has 0 aliphatic rings. The zero-order valence-electron chi connectivity index (χ0n) is 14.2. The van der Waals surface area contributed by atoms with Crippen LogP contribution in [0.1, 0.15) is 41.2 Å². The summed E-state index contributed by atoms with van der Waals surface area (Å²) in [7, 11) is 0. The van der Waals surface area contributed by atoms with Crippen LogP contribution in [0.3, 0.4) is 0 Å². The molecule has 2 aromatic heterocycles. The molecular weight excluding hydrogens is 339 g/mol. The molecule has 0 unspecified atom stereocenters. The second-order valence-corrected chi connectivity index (χ2v) is 7.06. The van der Waals surface area contributed by atoms with Crippen LogP contribution in [0.25, 0.3) is 5.69 Å². The van der Waals surface area contributed by atoms with Gasteiger partial charge in [0.05, 0.1) is 11.7 Å². The lowest BCUT2D eigenvalue weighted by Gasteiger charge is -2.20. The predicted octanol–water partition coefficient (Wildman–Crippen LogP) is 3.90. The minimum atomic E-state index is -0.324. The van der Waals surface area contributed by atoms with E-state index < -0.39 is 0 Å². The minimum absolute atomic E-state index is 0.0921. The summed E-state index contributed by atoms with van der Waals surface area (Å²) >= 11 is 1.61. The van der Waals surface area contributed by atoms with Crippen LogP contribution in [-0.4, -0.2) is 20.7 Å². The van der Waals surface area contributed by atoms with E-state index in [1.165, 1.54) is 16.8 Å². The Morgan fingerprint density at radius 2 is 1.96 bits per heavy atom. The van der Waals surface area contributed by atoms with Gasteiger partial charge in [0.15, 0.2) is 0 Å². The number of carbonyl (C=O) groups is 1. The lowest BCUT2D eigenvalue weighted by atomic mass is 10.0. The SMILES string of the molecule is Cc1nc(C(=O)N[C@@H](c2cccs2)C(C)C)nn1-c1ccc(F)cc1. The lowest BCUT2D eigenvalue weighted by Crippen LogP contribution is -2.32. The van der Waals surface area contributed by atoms with E-state index >= 15 is 0 Å². The quantitative estimate of drug-likeness (QED) is 0.752. The zero-order valence-corrected chi connectivity index (χ0v) is 15.0. The van der Waals surface area contributed by atoms with Crippen LogP contribution in [0.2, 0.25) is 0 Å². The average molecular weight is 358 g/mol. The smallest absolute Gasteiger partial charge is 0.291 e. The van der Waals surface area contributed by atoms with Crippen LogP contribution in [0.4, 0.5) is 4.39 Å². The number of aryl methyl sites for hydroxylation is 1. The van der Waals surface area contributed by atoms with Gasteiger partial charge in [-0.25, -0.2) is 14.1 Å². The lowest BCUT2D eigenvalue weighted by molar-refractivity contribution is 0.0916. The monoisotopic (exact) mass is 358 g/mol. The van der Waals surface area contributed by atoms with Crippen LogP contribution >= 0.6 is 11.3 Å². The van der Waals surface area contributed by atoms with Gasteiger partial charge in [-0.15, -0.1) is 16.4 Å². The molecule has 0 radical (unpaired) electrons. The average Bonchev–Trinajstić information content (AvgIpc) is 3.23. The molecular formula is C18H19FN4OS.